The van der Waals surface area contributed by atoms with Crippen LogP contribution in [0.3, 0.4) is 0 Å². The van der Waals surface area contributed by atoms with Gasteiger partial charge in [0.05, 0.1) is 0 Å². The van der Waals surface area contributed by atoms with Gasteiger partial charge in [-0.05, 0) is 25.5 Å². The predicted octanol–water partition coefficient (Wildman–Crippen LogP) is 1.95. The second-order valence-electron chi connectivity index (χ2n) is 3.50. The summed E-state index contributed by atoms with van der Waals surface area (Å²) in [4.78, 5) is 11.8. The zero-order chi connectivity index (χ0) is 12.7. The van der Waals surface area contributed by atoms with Crippen molar-refractivity contribution in [3.63, 3.8) is 0 Å². The quantitative estimate of drug-likeness (QED) is 0.612. The van der Waals surface area contributed by atoms with Crippen LogP contribution in [0.5, 0.6) is 0 Å². The Balaban J connectivity index is 2.79. The molecule has 0 saturated heterocycles. The fourth-order valence-corrected chi connectivity index (χ4v) is 1.26. The Bertz CT molecular complexity index is 472. The minimum Gasteiger partial charge on any atom is -0.390 e. The van der Waals surface area contributed by atoms with Crippen molar-refractivity contribution in [3.05, 3.63) is 41.6 Å². The van der Waals surface area contributed by atoms with Crippen molar-refractivity contribution in [2.45, 2.75) is 13.8 Å². The van der Waals surface area contributed by atoms with E-state index in [2.05, 4.69) is 10.6 Å². The van der Waals surface area contributed by atoms with Gasteiger partial charge in [-0.1, -0.05) is 18.2 Å². The molecule has 0 bridgehead atoms. The maximum atomic E-state index is 11.8. The number of rotatable bonds is 4. The average Bonchev–Trinajstić information content (AvgIpc) is 2.33. The number of carbonyl (C=O) groups is 1. The second-order valence-corrected chi connectivity index (χ2v) is 3.50. The lowest BCUT2D eigenvalue weighted by molar-refractivity contribution is -0.112. The average molecular weight is 229 g/mol. The summed E-state index contributed by atoms with van der Waals surface area (Å²) in [5.74, 6) is -0.400. The highest BCUT2D eigenvalue weighted by atomic mass is 16.1. The minimum absolute atomic E-state index is 0.0649. The van der Waals surface area contributed by atoms with Gasteiger partial charge in [0.1, 0.15) is 11.6 Å². The van der Waals surface area contributed by atoms with Crippen LogP contribution in [0.15, 0.2) is 36.0 Å². The number of aryl methyl sites for hydroxylation is 1. The molecule has 88 valence electrons. The van der Waals surface area contributed by atoms with Gasteiger partial charge in [-0.3, -0.25) is 4.79 Å². The molecule has 0 heterocycles. The van der Waals surface area contributed by atoms with Gasteiger partial charge in [0, 0.05) is 18.4 Å². The van der Waals surface area contributed by atoms with Crippen molar-refractivity contribution < 1.29 is 4.79 Å². The molecule has 0 fully saturated rings. The molecule has 0 atom stereocenters. The van der Waals surface area contributed by atoms with Crippen LogP contribution in [-0.2, 0) is 4.79 Å². The standard InChI is InChI=1S/C13H15N3O/c1-3-15-9-11(8-14)13(17)16-12-7-5-4-6-10(12)2/h4-7,9,15H,3H2,1-2H3,(H,16,17)/b11-9-. The van der Waals surface area contributed by atoms with Crippen LogP contribution in [0.4, 0.5) is 5.69 Å². The molecule has 4 nitrogen and oxygen atoms in total. The van der Waals surface area contributed by atoms with Crippen LogP contribution in [0, 0.1) is 18.3 Å². The first-order valence-electron chi connectivity index (χ1n) is 5.39. The van der Waals surface area contributed by atoms with E-state index in [0.29, 0.717) is 6.54 Å². The van der Waals surface area contributed by atoms with E-state index >= 15 is 0 Å². The summed E-state index contributed by atoms with van der Waals surface area (Å²) >= 11 is 0. The highest BCUT2D eigenvalue weighted by molar-refractivity contribution is 6.06. The molecule has 2 N–H and O–H groups in total. The summed E-state index contributed by atoms with van der Waals surface area (Å²) in [5.41, 5.74) is 1.74. The first kappa shape index (κ1) is 12.8. The molecule has 0 aromatic heterocycles. The molecule has 0 aliphatic heterocycles. The Morgan fingerprint density at radius 3 is 2.76 bits per heavy atom. The molecule has 1 aromatic carbocycles. The number of nitriles is 1. The summed E-state index contributed by atoms with van der Waals surface area (Å²) in [6, 6.07) is 9.29. The summed E-state index contributed by atoms with van der Waals surface area (Å²) in [6.45, 7) is 4.46. The molecule has 0 saturated carbocycles. The first-order chi connectivity index (χ1) is 8.19. The SMILES string of the molecule is CCN/C=C(/C#N)C(=O)Nc1ccccc1C. The molecular formula is C13H15N3O. The summed E-state index contributed by atoms with van der Waals surface area (Å²) in [6.07, 6.45) is 1.42. The van der Waals surface area contributed by atoms with E-state index in [4.69, 9.17) is 5.26 Å². The van der Waals surface area contributed by atoms with Crippen LogP contribution < -0.4 is 10.6 Å². The van der Waals surface area contributed by atoms with Gasteiger partial charge in [0.2, 0.25) is 0 Å². The molecule has 0 aliphatic rings. The largest absolute Gasteiger partial charge is 0.390 e. The molecule has 1 aromatic rings. The second kappa shape index (κ2) is 6.33. The van der Waals surface area contributed by atoms with E-state index < -0.39 is 5.91 Å². The predicted molar refractivity (Wildman–Crippen MR) is 67.2 cm³/mol. The molecule has 1 amide bonds. The zero-order valence-corrected chi connectivity index (χ0v) is 9.95. The Hall–Kier alpha value is -2.28. The van der Waals surface area contributed by atoms with Gasteiger partial charge in [0.15, 0.2) is 0 Å². The number of para-hydroxylation sites is 1. The van der Waals surface area contributed by atoms with Crippen LogP contribution >= 0.6 is 0 Å². The van der Waals surface area contributed by atoms with E-state index in [9.17, 15) is 4.79 Å². The highest BCUT2D eigenvalue weighted by Crippen LogP contribution is 2.13. The van der Waals surface area contributed by atoms with Crippen LogP contribution in [-0.4, -0.2) is 12.5 Å². The van der Waals surface area contributed by atoms with Crippen molar-refractivity contribution >= 4 is 11.6 Å². The van der Waals surface area contributed by atoms with Gasteiger partial charge >= 0.3 is 0 Å². The van der Waals surface area contributed by atoms with E-state index in [1.165, 1.54) is 6.20 Å². The van der Waals surface area contributed by atoms with Crippen molar-refractivity contribution in [3.8, 4) is 6.07 Å². The topological polar surface area (TPSA) is 64.9 Å². The number of hydrogen-bond acceptors (Lipinski definition) is 3. The fraction of sp³-hybridized carbons (Fsp3) is 0.231. The number of carbonyl (C=O) groups excluding carboxylic acids is 1. The normalized spacial score (nSPS) is 10.5. The Morgan fingerprint density at radius 2 is 2.18 bits per heavy atom. The summed E-state index contributed by atoms with van der Waals surface area (Å²) in [7, 11) is 0. The smallest absolute Gasteiger partial charge is 0.267 e. The third-order valence-electron chi connectivity index (χ3n) is 2.21. The van der Waals surface area contributed by atoms with Crippen molar-refractivity contribution in [2.75, 3.05) is 11.9 Å². The van der Waals surface area contributed by atoms with Crippen molar-refractivity contribution in [1.29, 1.82) is 5.26 Å². The minimum atomic E-state index is -0.400. The summed E-state index contributed by atoms with van der Waals surface area (Å²) < 4.78 is 0. The Morgan fingerprint density at radius 1 is 1.47 bits per heavy atom. The van der Waals surface area contributed by atoms with Gasteiger partial charge in [-0.15, -0.1) is 0 Å². The number of anilines is 1. The number of hydrogen-bond donors (Lipinski definition) is 2. The Kier molecular flexibility index (Phi) is 4.77. The zero-order valence-electron chi connectivity index (χ0n) is 9.95. The van der Waals surface area contributed by atoms with Gasteiger partial charge in [-0.2, -0.15) is 5.26 Å². The van der Waals surface area contributed by atoms with E-state index in [1.807, 2.05) is 38.1 Å². The first-order valence-corrected chi connectivity index (χ1v) is 5.39. The van der Waals surface area contributed by atoms with E-state index in [0.717, 1.165) is 11.3 Å². The molecule has 1 rings (SSSR count). The van der Waals surface area contributed by atoms with Crippen molar-refractivity contribution in [2.24, 2.45) is 0 Å². The third-order valence-corrected chi connectivity index (χ3v) is 2.21. The number of nitrogens with one attached hydrogen (secondary N) is 2. The van der Waals surface area contributed by atoms with E-state index in [-0.39, 0.29) is 5.57 Å². The van der Waals surface area contributed by atoms with Crippen LogP contribution in [0.1, 0.15) is 12.5 Å². The van der Waals surface area contributed by atoms with Crippen molar-refractivity contribution in [1.82, 2.24) is 5.32 Å². The van der Waals surface area contributed by atoms with E-state index in [1.54, 1.807) is 6.07 Å². The lowest BCUT2D eigenvalue weighted by Crippen LogP contribution is -2.17. The van der Waals surface area contributed by atoms with Gasteiger partial charge in [0.25, 0.3) is 5.91 Å². The lowest BCUT2D eigenvalue weighted by atomic mass is 10.2. The van der Waals surface area contributed by atoms with Gasteiger partial charge in [-0.25, -0.2) is 0 Å². The third kappa shape index (κ3) is 3.65. The molecule has 0 spiro atoms. The molecule has 0 radical (unpaired) electrons. The maximum Gasteiger partial charge on any atom is 0.267 e. The summed E-state index contributed by atoms with van der Waals surface area (Å²) in [5, 5.41) is 14.4. The molecule has 17 heavy (non-hydrogen) atoms. The monoisotopic (exact) mass is 229 g/mol. The molecule has 0 aliphatic carbocycles. The number of benzene rings is 1. The number of nitrogens with zero attached hydrogens (tertiary/aromatic N) is 1. The number of amides is 1. The van der Waals surface area contributed by atoms with Crippen LogP contribution in [0.25, 0.3) is 0 Å². The fourth-order valence-electron chi connectivity index (χ4n) is 1.26. The lowest BCUT2D eigenvalue weighted by Gasteiger charge is -2.07. The van der Waals surface area contributed by atoms with Crippen LogP contribution in [0.2, 0.25) is 0 Å². The maximum absolute atomic E-state index is 11.8. The molecular weight excluding hydrogens is 214 g/mol. The van der Waals surface area contributed by atoms with Gasteiger partial charge < -0.3 is 10.6 Å². The molecule has 4 heteroatoms. The molecule has 0 unspecified atom stereocenters. The highest BCUT2D eigenvalue weighted by Gasteiger charge is 2.09. The Labute approximate surface area is 101 Å².